The summed E-state index contributed by atoms with van der Waals surface area (Å²) in [7, 11) is 1.76. The van der Waals surface area contributed by atoms with E-state index in [2.05, 4.69) is 0 Å². The second-order valence-electron chi connectivity index (χ2n) is 8.00. The highest BCUT2D eigenvalue weighted by atomic mass is 32.2. The summed E-state index contributed by atoms with van der Waals surface area (Å²) in [6, 6.07) is 19.0. The fourth-order valence-corrected chi connectivity index (χ4v) is 5.34. The van der Waals surface area contributed by atoms with Gasteiger partial charge in [-0.25, -0.2) is 4.68 Å². The molecule has 0 unspecified atom stereocenters. The molecule has 2 aromatic heterocycles. The molecule has 180 valence electrons. The van der Waals surface area contributed by atoms with E-state index in [4.69, 9.17) is 12.2 Å². The van der Waals surface area contributed by atoms with Crippen LogP contribution in [0.1, 0.15) is 11.4 Å². The van der Waals surface area contributed by atoms with E-state index in [0.717, 1.165) is 11.8 Å². The summed E-state index contributed by atoms with van der Waals surface area (Å²) in [4.78, 5) is 39.1. The first kappa shape index (κ1) is 23.5. The molecule has 9 nitrogen and oxygen atoms in total. The molecule has 1 aliphatic heterocycles. The largest absolute Gasteiger partial charge is 0.317 e. The predicted molar refractivity (Wildman–Crippen MR) is 144 cm³/mol. The van der Waals surface area contributed by atoms with Crippen molar-refractivity contribution in [3.05, 3.63) is 110 Å². The van der Waals surface area contributed by atoms with Crippen molar-refractivity contribution in [2.75, 3.05) is 4.90 Å². The first-order chi connectivity index (χ1) is 17.3. The van der Waals surface area contributed by atoms with Crippen LogP contribution in [-0.4, -0.2) is 29.1 Å². The van der Waals surface area contributed by atoms with Crippen molar-refractivity contribution in [2.45, 2.75) is 6.92 Å². The van der Waals surface area contributed by atoms with Gasteiger partial charge in [0.25, 0.3) is 17.2 Å². The molecule has 0 aliphatic carbocycles. The van der Waals surface area contributed by atoms with Crippen molar-refractivity contribution in [1.82, 2.24) is 13.9 Å². The van der Waals surface area contributed by atoms with Crippen LogP contribution >= 0.6 is 24.0 Å². The van der Waals surface area contributed by atoms with Crippen LogP contribution in [0.2, 0.25) is 0 Å². The van der Waals surface area contributed by atoms with E-state index in [0.29, 0.717) is 27.7 Å². The molecular formula is C25H19N5O4S2. The van der Waals surface area contributed by atoms with Crippen LogP contribution in [0.15, 0.2) is 82.6 Å². The lowest BCUT2D eigenvalue weighted by Crippen LogP contribution is -2.33. The number of hydrogen-bond acceptors (Lipinski definition) is 6. The molecule has 5 rings (SSSR count). The van der Waals surface area contributed by atoms with Crippen LogP contribution in [0.4, 0.5) is 11.4 Å². The molecule has 4 aromatic rings. The van der Waals surface area contributed by atoms with Gasteiger partial charge in [-0.05, 0) is 49.4 Å². The molecule has 0 radical (unpaired) electrons. The van der Waals surface area contributed by atoms with E-state index < -0.39 is 4.92 Å². The number of benzene rings is 2. The lowest BCUT2D eigenvalue weighted by molar-refractivity contribution is -0.384. The number of non-ortho nitro benzene ring substituents is 1. The summed E-state index contributed by atoms with van der Waals surface area (Å²) in [5, 5.41) is 11.0. The third-order valence-electron chi connectivity index (χ3n) is 5.94. The van der Waals surface area contributed by atoms with E-state index >= 15 is 0 Å². The van der Waals surface area contributed by atoms with Crippen LogP contribution in [0, 0.1) is 17.0 Å². The zero-order valence-corrected chi connectivity index (χ0v) is 20.8. The number of para-hydroxylation sites is 1. The quantitative estimate of drug-likeness (QED) is 0.166. The third-order valence-corrected chi connectivity index (χ3v) is 7.24. The molecule has 36 heavy (non-hydrogen) atoms. The van der Waals surface area contributed by atoms with Crippen LogP contribution in [-0.2, 0) is 11.8 Å². The Labute approximate surface area is 215 Å². The van der Waals surface area contributed by atoms with Crippen LogP contribution < -0.4 is 10.5 Å². The Balaban J connectivity index is 1.52. The number of thioether (sulfide) groups is 1. The molecule has 1 amide bonds. The minimum atomic E-state index is -0.455. The first-order valence-electron chi connectivity index (χ1n) is 10.8. The Bertz CT molecular complexity index is 1610. The lowest BCUT2D eigenvalue weighted by Gasteiger charge is -2.12. The normalized spacial score (nSPS) is 14.7. The van der Waals surface area contributed by atoms with Gasteiger partial charge in [0.2, 0.25) is 0 Å². The van der Waals surface area contributed by atoms with E-state index in [9.17, 15) is 19.7 Å². The Kier molecular flexibility index (Phi) is 5.94. The Morgan fingerprint density at radius 3 is 2.33 bits per heavy atom. The lowest BCUT2D eigenvalue weighted by atomic mass is 10.2. The van der Waals surface area contributed by atoms with E-state index in [1.807, 2.05) is 47.0 Å². The molecule has 0 saturated carbocycles. The molecule has 2 aromatic carbocycles. The molecule has 11 heteroatoms. The van der Waals surface area contributed by atoms with E-state index in [1.165, 1.54) is 21.7 Å². The second-order valence-corrected chi connectivity index (χ2v) is 9.68. The number of amides is 1. The first-order valence-corrected chi connectivity index (χ1v) is 12.0. The Morgan fingerprint density at radius 1 is 0.972 bits per heavy atom. The Hall–Kier alpha value is -4.22. The van der Waals surface area contributed by atoms with Gasteiger partial charge in [-0.15, -0.1) is 0 Å². The van der Waals surface area contributed by atoms with Crippen molar-refractivity contribution in [1.29, 1.82) is 0 Å². The van der Waals surface area contributed by atoms with Crippen molar-refractivity contribution in [3.63, 3.8) is 0 Å². The number of nitro benzene ring substituents is 1. The fraction of sp³-hybridized carbons (Fsp3) is 0.0800. The second kappa shape index (κ2) is 9.10. The number of rotatable bonds is 5. The average molecular weight is 518 g/mol. The van der Waals surface area contributed by atoms with Crippen molar-refractivity contribution < 1.29 is 9.72 Å². The number of carbonyl (C=O) groups excluding carboxylic acids is 1. The summed E-state index contributed by atoms with van der Waals surface area (Å²) in [5.74, 6) is -0.382. The number of nitrogens with zero attached hydrogens (tertiary/aromatic N) is 5. The molecule has 0 N–H and O–H groups in total. The van der Waals surface area contributed by atoms with Gasteiger partial charge < -0.3 is 4.57 Å². The van der Waals surface area contributed by atoms with Gasteiger partial charge in [-0.3, -0.25) is 29.3 Å². The van der Waals surface area contributed by atoms with Crippen LogP contribution in [0.25, 0.3) is 17.5 Å². The highest BCUT2D eigenvalue weighted by molar-refractivity contribution is 8.27. The minimum absolute atomic E-state index is 0.00674. The van der Waals surface area contributed by atoms with Gasteiger partial charge in [0.15, 0.2) is 4.32 Å². The highest BCUT2D eigenvalue weighted by Gasteiger charge is 2.37. The molecule has 0 atom stereocenters. The summed E-state index contributed by atoms with van der Waals surface area (Å²) in [5.41, 5.74) is 2.56. The maximum Gasteiger partial charge on any atom is 0.296 e. The Morgan fingerprint density at radius 2 is 1.67 bits per heavy atom. The predicted octanol–water partition coefficient (Wildman–Crippen LogP) is 4.59. The molecule has 3 heterocycles. The molecule has 1 aliphatic rings. The minimum Gasteiger partial charge on any atom is -0.317 e. The van der Waals surface area contributed by atoms with Crippen LogP contribution in [0.3, 0.4) is 0 Å². The van der Waals surface area contributed by atoms with Gasteiger partial charge in [-0.2, -0.15) is 0 Å². The van der Waals surface area contributed by atoms with E-state index in [1.54, 1.807) is 43.1 Å². The number of carbonyl (C=O) groups is 1. The fourth-order valence-electron chi connectivity index (χ4n) is 4.09. The molecule has 1 saturated heterocycles. The smallest absolute Gasteiger partial charge is 0.296 e. The average Bonchev–Trinajstić information content (AvgIpc) is 3.50. The van der Waals surface area contributed by atoms with Gasteiger partial charge in [0, 0.05) is 36.8 Å². The van der Waals surface area contributed by atoms with Gasteiger partial charge in [0.05, 0.1) is 21.2 Å². The van der Waals surface area contributed by atoms with E-state index in [-0.39, 0.29) is 27.2 Å². The zero-order chi connectivity index (χ0) is 25.6. The summed E-state index contributed by atoms with van der Waals surface area (Å²) in [6.07, 6.45) is 3.50. The maximum absolute atomic E-state index is 13.5. The number of aromatic nitrogens is 3. The van der Waals surface area contributed by atoms with Gasteiger partial charge in [-0.1, -0.05) is 42.2 Å². The van der Waals surface area contributed by atoms with Gasteiger partial charge in [0.1, 0.15) is 5.69 Å². The van der Waals surface area contributed by atoms with Crippen molar-refractivity contribution >= 4 is 51.7 Å². The molecule has 0 bridgehead atoms. The zero-order valence-electron chi connectivity index (χ0n) is 19.2. The number of hydrogen-bond donors (Lipinski definition) is 0. The van der Waals surface area contributed by atoms with Crippen molar-refractivity contribution in [3.8, 4) is 11.4 Å². The monoisotopic (exact) mass is 517 g/mol. The number of nitro groups is 1. The standard InChI is InChI=1S/C25H19N5O4S2/c1-16-22(24(32)29(26(16)2)18-7-4-3-5-8-18)28-23(31)21(36-25(28)35)15-20-9-6-14-27(20)17-10-12-19(13-11-17)30(33)34/h3-15H,1-2H3. The summed E-state index contributed by atoms with van der Waals surface area (Å²) in [6.45, 7) is 1.78. The molecule has 0 spiro atoms. The maximum atomic E-state index is 13.5. The van der Waals surface area contributed by atoms with Crippen LogP contribution in [0.5, 0.6) is 0 Å². The highest BCUT2D eigenvalue weighted by Crippen LogP contribution is 2.36. The van der Waals surface area contributed by atoms with Crippen molar-refractivity contribution in [2.24, 2.45) is 7.05 Å². The third kappa shape index (κ3) is 3.88. The summed E-state index contributed by atoms with van der Waals surface area (Å²) < 4.78 is 5.29. The molecule has 1 fully saturated rings. The number of thiocarbonyl (C=S) groups is 1. The summed E-state index contributed by atoms with van der Waals surface area (Å²) >= 11 is 6.65. The topological polar surface area (TPSA) is 95.3 Å². The number of anilines is 1. The SMILES string of the molecule is Cc1c(N2C(=O)C(=Cc3cccn3-c3ccc([N+](=O)[O-])cc3)SC2=S)c(=O)n(-c2ccccc2)n1C. The molecular weight excluding hydrogens is 498 g/mol. The van der Waals surface area contributed by atoms with Gasteiger partial charge >= 0.3 is 0 Å².